The highest BCUT2D eigenvalue weighted by molar-refractivity contribution is 6.00. The lowest BCUT2D eigenvalue weighted by molar-refractivity contribution is 0.0726. The van der Waals surface area contributed by atoms with Gasteiger partial charge in [0.15, 0.2) is 0 Å². The zero-order chi connectivity index (χ0) is 21.1. The van der Waals surface area contributed by atoms with Gasteiger partial charge in [0, 0.05) is 30.9 Å². The fraction of sp³-hybridized carbons (Fsp3) is 0.333. The van der Waals surface area contributed by atoms with Crippen molar-refractivity contribution in [3.05, 3.63) is 72.2 Å². The molecule has 0 spiro atoms. The minimum Gasteiger partial charge on any atom is -0.337 e. The standard InChI is InChI=1S/C24H27FN4O/c1-27(2)21-10-6-7-15-28(16-21)24(30)22-17-29(20-8-4-3-5-9-20)26-23(22)18-11-13-19(25)14-12-18/h3-5,8-9,11-14,17,21H,6-7,10,15-16H2,1-2H3/t21-/m0/s1. The Morgan fingerprint density at radius 2 is 1.80 bits per heavy atom. The van der Waals surface area contributed by atoms with Crippen LogP contribution in [0.5, 0.6) is 0 Å². The summed E-state index contributed by atoms with van der Waals surface area (Å²) in [6, 6.07) is 16.2. The molecule has 2 aromatic carbocycles. The van der Waals surface area contributed by atoms with E-state index in [2.05, 4.69) is 19.0 Å². The number of carbonyl (C=O) groups excluding carboxylic acids is 1. The summed E-state index contributed by atoms with van der Waals surface area (Å²) in [4.78, 5) is 17.7. The molecule has 1 fully saturated rings. The first kappa shape index (κ1) is 20.3. The molecule has 6 heteroatoms. The van der Waals surface area contributed by atoms with Crippen molar-refractivity contribution < 1.29 is 9.18 Å². The minimum absolute atomic E-state index is 0.0229. The van der Waals surface area contributed by atoms with Crippen molar-refractivity contribution in [1.29, 1.82) is 0 Å². The molecule has 156 valence electrons. The molecule has 0 N–H and O–H groups in total. The first-order valence-electron chi connectivity index (χ1n) is 10.4. The van der Waals surface area contributed by atoms with Crippen LogP contribution in [0, 0.1) is 5.82 Å². The second-order valence-electron chi connectivity index (χ2n) is 8.04. The van der Waals surface area contributed by atoms with Gasteiger partial charge in [-0.25, -0.2) is 9.07 Å². The number of carbonyl (C=O) groups is 1. The van der Waals surface area contributed by atoms with Gasteiger partial charge in [0.05, 0.1) is 11.3 Å². The lowest BCUT2D eigenvalue weighted by Crippen LogP contribution is -2.42. The van der Waals surface area contributed by atoms with Gasteiger partial charge in [-0.3, -0.25) is 4.79 Å². The maximum atomic E-state index is 13.6. The van der Waals surface area contributed by atoms with E-state index in [-0.39, 0.29) is 11.7 Å². The molecule has 0 saturated carbocycles. The number of hydrogen-bond acceptors (Lipinski definition) is 3. The van der Waals surface area contributed by atoms with Crippen LogP contribution in [-0.4, -0.2) is 58.7 Å². The molecule has 0 bridgehead atoms. The molecule has 3 aromatic rings. The maximum absolute atomic E-state index is 13.6. The van der Waals surface area contributed by atoms with E-state index in [4.69, 9.17) is 5.10 Å². The number of likely N-dealkylation sites (tertiary alicyclic amines) is 1. The summed E-state index contributed by atoms with van der Waals surface area (Å²) < 4.78 is 15.2. The molecular formula is C24H27FN4O. The van der Waals surface area contributed by atoms with Gasteiger partial charge in [0.1, 0.15) is 11.5 Å². The average molecular weight is 407 g/mol. The molecule has 1 amide bonds. The molecule has 1 aliphatic heterocycles. The lowest BCUT2D eigenvalue weighted by Gasteiger charge is -2.28. The normalized spacial score (nSPS) is 17.2. The Morgan fingerprint density at radius 1 is 1.07 bits per heavy atom. The van der Waals surface area contributed by atoms with Gasteiger partial charge >= 0.3 is 0 Å². The summed E-state index contributed by atoms with van der Waals surface area (Å²) >= 11 is 0. The Bertz CT molecular complexity index is 998. The topological polar surface area (TPSA) is 41.4 Å². The summed E-state index contributed by atoms with van der Waals surface area (Å²) in [5.74, 6) is -0.333. The molecular weight excluding hydrogens is 379 g/mol. The van der Waals surface area contributed by atoms with Crippen LogP contribution in [0.15, 0.2) is 60.8 Å². The van der Waals surface area contributed by atoms with Gasteiger partial charge in [0.2, 0.25) is 0 Å². The number of amides is 1. The molecule has 1 aromatic heterocycles. The predicted octanol–water partition coefficient (Wildman–Crippen LogP) is 4.23. The number of benzene rings is 2. The zero-order valence-electron chi connectivity index (χ0n) is 17.5. The Balaban J connectivity index is 1.74. The fourth-order valence-electron chi connectivity index (χ4n) is 3.96. The van der Waals surface area contributed by atoms with Crippen molar-refractivity contribution >= 4 is 5.91 Å². The van der Waals surface area contributed by atoms with Gasteiger partial charge in [-0.1, -0.05) is 24.6 Å². The molecule has 0 aliphatic carbocycles. The Kier molecular flexibility index (Phi) is 5.95. The van der Waals surface area contributed by atoms with Gasteiger partial charge in [0.25, 0.3) is 5.91 Å². The smallest absolute Gasteiger partial charge is 0.257 e. The van der Waals surface area contributed by atoms with Crippen LogP contribution in [0.1, 0.15) is 29.6 Å². The van der Waals surface area contributed by atoms with Crippen LogP contribution < -0.4 is 0 Å². The van der Waals surface area contributed by atoms with Gasteiger partial charge in [-0.15, -0.1) is 0 Å². The summed E-state index contributed by atoms with van der Waals surface area (Å²) in [7, 11) is 4.13. The lowest BCUT2D eigenvalue weighted by atomic mass is 10.1. The molecule has 1 saturated heterocycles. The fourth-order valence-corrected chi connectivity index (χ4v) is 3.96. The van der Waals surface area contributed by atoms with Crippen LogP contribution in [-0.2, 0) is 0 Å². The number of halogens is 1. The Labute approximate surface area is 176 Å². The first-order chi connectivity index (χ1) is 14.5. The van der Waals surface area contributed by atoms with Crippen LogP contribution in [0.4, 0.5) is 4.39 Å². The Hall–Kier alpha value is -2.99. The number of para-hydroxylation sites is 1. The van der Waals surface area contributed by atoms with Gasteiger partial charge in [-0.05, 0) is 63.3 Å². The van der Waals surface area contributed by atoms with E-state index in [0.717, 1.165) is 37.1 Å². The largest absolute Gasteiger partial charge is 0.337 e. The molecule has 1 atom stereocenters. The highest BCUT2D eigenvalue weighted by Crippen LogP contribution is 2.26. The number of hydrogen-bond donors (Lipinski definition) is 0. The zero-order valence-corrected chi connectivity index (χ0v) is 17.5. The molecule has 30 heavy (non-hydrogen) atoms. The second kappa shape index (κ2) is 8.79. The molecule has 2 heterocycles. The molecule has 0 radical (unpaired) electrons. The van der Waals surface area contributed by atoms with E-state index in [9.17, 15) is 9.18 Å². The molecule has 0 unspecified atom stereocenters. The van der Waals surface area contributed by atoms with Crippen LogP contribution in [0.25, 0.3) is 16.9 Å². The monoisotopic (exact) mass is 406 g/mol. The quantitative estimate of drug-likeness (QED) is 0.651. The Morgan fingerprint density at radius 3 is 2.50 bits per heavy atom. The molecule has 4 rings (SSSR count). The number of likely N-dealkylation sites (N-methyl/N-ethyl adjacent to an activating group) is 1. The summed E-state index contributed by atoms with van der Waals surface area (Å²) in [5.41, 5.74) is 2.73. The molecule has 1 aliphatic rings. The van der Waals surface area contributed by atoms with Crippen molar-refractivity contribution in [3.63, 3.8) is 0 Å². The average Bonchev–Trinajstić information content (AvgIpc) is 3.04. The highest BCUT2D eigenvalue weighted by Gasteiger charge is 2.27. The SMILES string of the molecule is CN(C)[C@H]1CCCCN(C(=O)c2cn(-c3ccccc3)nc2-c2ccc(F)cc2)C1. The highest BCUT2D eigenvalue weighted by atomic mass is 19.1. The van der Waals surface area contributed by atoms with E-state index in [1.54, 1.807) is 23.0 Å². The maximum Gasteiger partial charge on any atom is 0.257 e. The van der Waals surface area contributed by atoms with Crippen molar-refractivity contribution in [1.82, 2.24) is 19.6 Å². The van der Waals surface area contributed by atoms with Crippen molar-refractivity contribution in [2.45, 2.75) is 25.3 Å². The third-order valence-corrected chi connectivity index (χ3v) is 5.75. The van der Waals surface area contributed by atoms with Gasteiger partial charge < -0.3 is 9.80 Å². The minimum atomic E-state index is -0.310. The molecule has 5 nitrogen and oxygen atoms in total. The predicted molar refractivity (Wildman–Crippen MR) is 116 cm³/mol. The van der Waals surface area contributed by atoms with Crippen molar-refractivity contribution in [2.24, 2.45) is 0 Å². The van der Waals surface area contributed by atoms with E-state index in [1.165, 1.54) is 12.1 Å². The van der Waals surface area contributed by atoms with Gasteiger partial charge in [-0.2, -0.15) is 5.10 Å². The van der Waals surface area contributed by atoms with E-state index < -0.39 is 0 Å². The van der Waals surface area contributed by atoms with E-state index in [0.29, 0.717) is 23.8 Å². The number of rotatable bonds is 4. The third-order valence-electron chi connectivity index (χ3n) is 5.75. The van der Waals surface area contributed by atoms with Crippen LogP contribution >= 0.6 is 0 Å². The number of nitrogens with zero attached hydrogens (tertiary/aromatic N) is 4. The summed E-state index contributed by atoms with van der Waals surface area (Å²) in [6.07, 6.45) is 4.99. The van der Waals surface area contributed by atoms with Crippen molar-refractivity contribution in [2.75, 3.05) is 27.2 Å². The number of aromatic nitrogens is 2. The van der Waals surface area contributed by atoms with Crippen molar-refractivity contribution in [3.8, 4) is 16.9 Å². The van der Waals surface area contributed by atoms with Crippen LogP contribution in [0.3, 0.4) is 0 Å². The summed E-state index contributed by atoms with van der Waals surface area (Å²) in [6.45, 7) is 1.44. The second-order valence-corrected chi connectivity index (χ2v) is 8.04. The summed E-state index contributed by atoms with van der Waals surface area (Å²) in [5, 5.41) is 4.71. The van der Waals surface area contributed by atoms with E-state index in [1.807, 2.05) is 35.2 Å². The van der Waals surface area contributed by atoms with E-state index >= 15 is 0 Å². The first-order valence-corrected chi connectivity index (χ1v) is 10.4. The van der Waals surface area contributed by atoms with Crippen LogP contribution in [0.2, 0.25) is 0 Å². The third kappa shape index (κ3) is 4.28.